The van der Waals surface area contributed by atoms with Crippen molar-refractivity contribution < 1.29 is 22.6 Å². The largest absolute Gasteiger partial charge is 0.362 e. The van der Waals surface area contributed by atoms with Crippen molar-refractivity contribution in [1.82, 2.24) is 34.7 Å². The summed E-state index contributed by atoms with van der Waals surface area (Å²) in [5, 5.41) is 13.3. The van der Waals surface area contributed by atoms with Crippen LogP contribution in [0, 0.1) is 0 Å². The number of likely N-dealkylation sites (tertiary alicyclic amines) is 1. The van der Waals surface area contributed by atoms with Crippen molar-refractivity contribution in [3.8, 4) is 0 Å². The van der Waals surface area contributed by atoms with Crippen molar-refractivity contribution in [2.75, 3.05) is 6.54 Å². The van der Waals surface area contributed by atoms with E-state index in [1.165, 1.54) is 9.58 Å². The Hall–Kier alpha value is -2.28. The van der Waals surface area contributed by atoms with Crippen LogP contribution in [-0.2, 0) is 28.7 Å². The highest BCUT2D eigenvalue weighted by Crippen LogP contribution is 2.35. The summed E-state index contributed by atoms with van der Waals surface area (Å²) in [4.78, 5) is 25.2. The van der Waals surface area contributed by atoms with Gasteiger partial charge in [-0.05, 0) is 16.8 Å². The van der Waals surface area contributed by atoms with Crippen molar-refractivity contribution in [2.45, 2.75) is 25.0 Å². The van der Waals surface area contributed by atoms with Crippen molar-refractivity contribution in [3.63, 3.8) is 0 Å². The van der Waals surface area contributed by atoms with Crippen LogP contribution in [0.2, 0.25) is 0 Å². The monoisotopic (exact) mass is 331 g/mol. The van der Waals surface area contributed by atoms with Gasteiger partial charge in [-0.15, -0.1) is 5.10 Å². The van der Waals surface area contributed by atoms with Crippen LogP contribution in [0.4, 0.5) is 4.79 Å². The first-order valence-corrected chi connectivity index (χ1v) is 7.77. The van der Waals surface area contributed by atoms with Gasteiger partial charge in [0, 0.05) is 13.6 Å². The molecule has 3 rings (SSSR count). The number of fused-ring (bicyclic) bond motifs is 1. The summed E-state index contributed by atoms with van der Waals surface area (Å²) in [5.41, 5.74) is 0. The van der Waals surface area contributed by atoms with Gasteiger partial charge in [0.25, 0.3) is 5.91 Å². The topological polar surface area (TPSA) is 151 Å². The number of hydrogen-bond acceptors (Lipinski definition) is 7. The van der Waals surface area contributed by atoms with E-state index < -0.39 is 34.3 Å². The Morgan fingerprint density at radius 1 is 1.50 bits per heavy atom. The van der Waals surface area contributed by atoms with E-state index in [0.717, 1.165) is 0 Å². The van der Waals surface area contributed by atoms with Gasteiger partial charge in [-0.2, -0.15) is 8.42 Å². The standard InChI is InChI=1S/C9H13N7O5S/c1-14-6(11-12-13-14)4-10-9(18)15-3-2-5-7(15)8(17)16(5)22(19,20)21/h5,7H,2-4H2,1H3,(H,10,18)(H,19,20,21). The van der Waals surface area contributed by atoms with Gasteiger partial charge in [0.15, 0.2) is 5.82 Å². The van der Waals surface area contributed by atoms with Gasteiger partial charge in [0.05, 0.1) is 12.6 Å². The highest BCUT2D eigenvalue weighted by Gasteiger charge is 2.59. The van der Waals surface area contributed by atoms with E-state index in [9.17, 15) is 18.0 Å². The number of nitrogens with zero attached hydrogens (tertiary/aromatic N) is 6. The van der Waals surface area contributed by atoms with Crippen LogP contribution in [0.15, 0.2) is 0 Å². The normalized spacial score (nSPS) is 24.2. The quantitative estimate of drug-likeness (QED) is 0.456. The Morgan fingerprint density at radius 2 is 2.23 bits per heavy atom. The molecule has 13 heteroatoms. The predicted octanol–water partition coefficient (Wildman–Crippen LogP) is -2.49. The predicted molar refractivity (Wildman–Crippen MR) is 68.3 cm³/mol. The lowest BCUT2D eigenvalue weighted by Crippen LogP contribution is -2.68. The van der Waals surface area contributed by atoms with Crippen molar-refractivity contribution in [2.24, 2.45) is 7.05 Å². The number of rotatable bonds is 3. The van der Waals surface area contributed by atoms with Crippen LogP contribution in [-0.4, -0.2) is 72.9 Å². The number of nitrogens with one attached hydrogen (secondary N) is 1. The maximum atomic E-state index is 12.1. The van der Waals surface area contributed by atoms with Crippen molar-refractivity contribution in [3.05, 3.63) is 5.82 Å². The zero-order chi connectivity index (χ0) is 16.1. The summed E-state index contributed by atoms with van der Waals surface area (Å²) in [6.07, 6.45) is 0.287. The lowest BCUT2D eigenvalue weighted by molar-refractivity contribution is -0.143. The average Bonchev–Trinajstić information content (AvgIpc) is 2.98. The van der Waals surface area contributed by atoms with E-state index in [0.29, 0.717) is 10.1 Å². The Bertz CT molecular complexity index is 730. The maximum Gasteiger partial charge on any atom is 0.362 e. The summed E-state index contributed by atoms with van der Waals surface area (Å²) in [6, 6.07) is -2.08. The summed E-state index contributed by atoms with van der Waals surface area (Å²) >= 11 is 0. The lowest BCUT2D eigenvalue weighted by Gasteiger charge is -2.42. The number of aromatic nitrogens is 4. The van der Waals surface area contributed by atoms with Crippen LogP contribution < -0.4 is 5.32 Å². The molecule has 0 bridgehead atoms. The number of urea groups is 1. The van der Waals surface area contributed by atoms with Crippen LogP contribution >= 0.6 is 0 Å². The molecule has 2 N–H and O–H groups in total. The molecule has 0 spiro atoms. The zero-order valence-electron chi connectivity index (χ0n) is 11.4. The molecule has 2 atom stereocenters. The van der Waals surface area contributed by atoms with Crippen molar-refractivity contribution in [1.29, 1.82) is 0 Å². The number of amides is 3. The summed E-state index contributed by atoms with van der Waals surface area (Å²) in [6.45, 7) is 0.294. The summed E-state index contributed by atoms with van der Waals surface area (Å²) in [7, 11) is -2.96. The van der Waals surface area contributed by atoms with E-state index in [1.54, 1.807) is 7.05 Å². The molecule has 2 unspecified atom stereocenters. The Labute approximate surface area is 124 Å². The van der Waals surface area contributed by atoms with E-state index in [4.69, 9.17) is 4.55 Å². The molecular weight excluding hydrogens is 318 g/mol. The smallest absolute Gasteiger partial charge is 0.331 e. The lowest BCUT2D eigenvalue weighted by atomic mass is 10.0. The molecule has 2 saturated heterocycles. The molecule has 120 valence electrons. The van der Waals surface area contributed by atoms with Crippen LogP contribution in [0.25, 0.3) is 0 Å². The first kappa shape index (κ1) is 14.6. The maximum absolute atomic E-state index is 12.1. The van der Waals surface area contributed by atoms with E-state index in [2.05, 4.69) is 20.8 Å². The fourth-order valence-corrected chi connectivity index (χ4v) is 3.60. The second-order valence-corrected chi connectivity index (χ2v) is 6.27. The number of β-lactam (4-membered cyclic amide) rings is 1. The first-order valence-electron chi connectivity index (χ1n) is 6.37. The van der Waals surface area contributed by atoms with Gasteiger partial charge in [-0.25, -0.2) is 13.8 Å². The van der Waals surface area contributed by atoms with Gasteiger partial charge in [-0.3, -0.25) is 9.35 Å². The Kier molecular flexibility index (Phi) is 3.25. The first-order chi connectivity index (χ1) is 10.3. The molecule has 22 heavy (non-hydrogen) atoms. The zero-order valence-corrected chi connectivity index (χ0v) is 12.3. The van der Waals surface area contributed by atoms with E-state index in [1.807, 2.05) is 0 Å². The number of carbonyl (C=O) groups excluding carboxylic acids is 2. The van der Waals surface area contributed by atoms with Gasteiger partial charge < -0.3 is 10.2 Å². The third kappa shape index (κ3) is 2.18. The number of aryl methyl sites for hydroxylation is 1. The highest BCUT2D eigenvalue weighted by atomic mass is 32.2. The molecular formula is C9H13N7O5S. The van der Waals surface area contributed by atoms with E-state index >= 15 is 0 Å². The van der Waals surface area contributed by atoms with Gasteiger partial charge in [-0.1, -0.05) is 0 Å². The Balaban J connectivity index is 1.64. The SMILES string of the molecule is Cn1nnnc1CNC(=O)N1CCC2C1C(=O)N2S(=O)(=O)O. The third-order valence-corrected chi connectivity index (χ3v) is 4.70. The van der Waals surface area contributed by atoms with E-state index in [-0.39, 0.29) is 19.5 Å². The van der Waals surface area contributed by atoms with Crippen LogP contribution in [0.5, 0.6) is 0 Å². The van der Waals surface area contributed by atoms with Crippen LogP contribution in [0.1, 0.15) is 12.2 Å². The fraction of sp³-hybridized carbons (Fsp3) is 0.667. The molecule has 3 amide bonds. The van der Waals surface area contributed by atoms with Gasteiger partial charge in [0.1, 0.15) is 6.04 Å². The third-order valence-electron chi connectivity index (χ3n) is 3.75. The molecule has 12 nitrogen and oxygen atoms in total. The van der Waals surface area contributed by atoms with Crippen LogP contribution in [0.3, 0.4) is 0 Å². The minimum Gasteiger partial charge on any atom is -0.331 e. The van der Waals surface area contributed by atoms with Crippen molar-refractivity contribution >= 4 is 22.2 Å². The highest BCUT2D eigenvalue weighted by molar-refractivity contribution is 7.84. The molecule has 2 aliphatic rings. The second kappa shape index (κ2) is 4.88. The minimum absolute atomic E-state index is 0.0758. The molecule has 0 saturated carbocycles. The fourth-order valence-electron chi connectivity index (χ4n) is 2.70. The van der Waals surface area contributed by atoms with Gasteiger partial charge in [0.2, 0.25) is 0 Å². The summed E-state index contributed by atoms with van der Waals surface area (Å²) in [5.74, 6) is -0.371. The summed E-state index contributed by atoms with van der Waals surface area (Å²) < 4.78 is 32.9. The second-order valence-electron chi connectivity index (χ2n) is 4.98. The molecule has 0 aromatic carbocycles. The molecule has 1 aromatic heterocycles. The average molecular weight is 331 g/mol. The number of hydrogen-bond donors (Lipinski definition) is 2. The van der Waals surface area contributed by atoms with Gasteiger partial charge >= 0.3 is 16.3 Å². The molecule has 2 aliphatic heterocycles. The minimum atomic E-state index is -4.58. The molecule has 0 radical (unpaired) electrons. The molecule has 3 heterocycles. The molecule has 0 aliphatic carbocycles. The molecule has 1 aromatic rings. The number of carbonyl (C=O) groups is 2. The Morgan fingerprint density at radius 3 is 2.82 bits per heavy atom. The number of tetrazole rings is 1. The molecule has 2 fully saturated rings.